The van der Waals surface area contributed by atoms with Crippen molar-refractivity contribution in [2.24, 2.45) is 0 Å². The molecule has 3 aromatic heterocycles. The first-order valence-electron chi connectivity index (χ1n) is 18.8. The maximum Gasteiger partial charge on any atom is 0.164 e. The summed E-state index contributed by atoms with van der Waals surface area (Å²) in [5.41, 5.74) is 12.4. The molecular weight excluding hydrogens is 685 g/mol. The van der Waals surface area contributed by atoms with Crippen LogP contribution < -0.4 is 0 Å². The zero-order chi connectivity index (χ0) is 37.0. The van der Waals surface area contributed by atoms with Gasteiger partial charge in [0.25, 0.3) is 0 Å². The van der Waals surface area contributed by atoms with Crippen LogP contribution in [0.5, 0.6) is 0 Å². The molecule has 0 bridgehead atoms. The number of hydrogen-bond donors (Lipinski definition) is 0. The number of furan rings is 1. The van der Waals surface area contributed by atoms with Gasteiger partial charge in [0.15, 0.2) is 17.5 Å². The monoisotopic (exact) mass is 716 g/mol. The van der Waals surface area contributed by atoms with Crippen LogP contribution in [0.15, 0.2) is 199 Å². The molecule has 5 heteroatoms. The van der Waals surface area contributed by atoms with Crippen LogP contribution in [0.3, 0.4) is 0 Å². The van der Waals surface area contributed by atoms with Crippen molar-refractivity contribution in [2.45, 2.75) is 0 Å². The van der Waals surface area contributed by atoms with Crippen LogP contribution in [-0.4, -0.2) is 19.5 Å². The Labute approximate surface area is 322 Å². The van der Waals surface area contributed by atoms with Crippen LogP contribution in [0, 0.1) is 0 Å². The third-order valence-corrected chi connectivity index (χ3v) is 10.6. The topological polar surface area (TPSA) is 56.7 Å². The molecule has 0 fully saturated rings. The summed E-state index contributed by atoms with van der Waals surface area (Å²) in [6.07, 6.45) is 0. The highest BCUT2D eigenvalue weighted by Crippen LogP contribution is 2.38. The van der Waals surface area contributed by atoms with E-state index in [1.807, 2.05) is 60.7 Å². The molecular formula is C51H32N4O. The smallest absolute Gasteiger partial charge is 0.164 e. The summed E-state index contributed by atoms with van der Waals surface area (Å²) in [5, 5.41) is 4.64. The molecule has 0 atom stereocenters. The van der Waals surface area contributed by atoms with Gasteiger partial charge in [0.2, 0.25) is 0 Å². The number of benzene rings is 8. The Hall–Kier alpha value is -7.63. The highest BCUT2D eigenvalue weighted by molar-refractivity contribution is 6.11. The van der Waals surface area contributed by atoms with Crippen LogP contribution in [-0.2, 0) is 0 Å². The van der Waals surface area contributed by atoms with E-state index in [1.165, 1.54) is 21.8 Å². The van der Waals surface area contributed by atoms with Gasteiger partial charge in [-0.05, 0) is 82.9 Å². The maximum absolute atomic E-state index is 6.60. The van der Waals surface area contributed by atoms with Crippen molar-refractivity contribution < 1.29 is 4.42 Å². The number of fused-ring (bicyclic) bond motifs is 6. The lowest BCUT2D eigenvalue weighted by Crippen LogP contribution is -2.00. The van der Waals surface area contributed by atoms with Crippen molar-refractivity contribution in [2.75, 3.05) is 0 Å². The van der Waals surface area contributed by atoms with E-state index < -0.39 is 0 Å². The second-order valence-electron chi connectivity index (χ2n) is 14.1. The fourth-order valence-electron chi connectivity index (χ4n) is 7.92. The summed E-state index contributed by atoms with van der Waals surface area (Å²) in [4.78, 5) is 14.8. The first kappa shape index (κ1) is 31.9. The molecule has 0 aliphatic rings. The van der Waals surface area contributed by atoms with Crippen LogP contribution in [0.1, 0.15) is 0 Å². The Morgan fingerprint density at radius 3 is 1.41 bits per heavy atom. The van der Waals surface area contributed by atoms with Crippen molar-refractivity contribution in [3.63, 3.8) is 0 Å². The Balaban J connectivity index is 0.963. The summed E-state index contributed by atoms with van der Waals surface area (Å²) >= 11 is 0. The third kappa shape index (κ3) is 5.45. The average molecular weight is 717 g/mol. The molecule has 0 aliphatic heterocycles. The Bertz CT molecular complexity index is 3180. The number of rotatable bonds is 6. The molecule has 262 valence electrons. The normalized spacial score (nSPS) is 11.6. The highest BCUT2D eigenvalue weighted by atomic mass is 16.3. The lowest BCUT2D eigenvalue weighted by Gasteiger charge is -2.09. The molecule has 56 heavy (non-hydrogen) atoms. The Morgan fingerprint density at radius 2 is 0.768 bits per heavy atom. The molecule has 0 N–H and O–H groups in total. The third-order valence-electron chi connectivity index (χ3n) is 10.6. The zero-order valence-corrected chi connectivity index (χ0v) is 30.2. The fourth-order valence-corrected chi connectivity index (χ4v) is 7.92. The van der Waals surface area contributed by atoms with Gasteiger partial charge in [0.1, 0.15) is 11.2 Å². The molecule has 11 aromatic rings. The molecule has 0 spiro atoms. The Morgan fingerprint density at radius 1 is 0.304 bits per heavy atom. The van der Waals surface area contributed by atoms with Crippen LogP contribution >= 0.6 is 0 Å². The van der Waals surface area contributed by atoms with Gasteiger partial charge in [-0.2, -0.15) is 0 Å². The second-order valence-corrected chi connectivity index (χ2v) is 14.1. The molecule has 11 rings (SSSR count). The Kier molecular flexibility index (Phi) is 7.42. The molecule has 3 heterocycles. The maximum atomic E-state index is 6.60. The van der Waals surface area contributed by atoms with Gasteiger partial charge in [-0.3, -0.25) is 0 Å². The summed E-state index contributed by atoms with van der Waals surface area (Å²) in [7, 11) is 0. The number of para-hydroxylation sites is 2. The standard InChI is InChI=1S/C51H32N4O/c1-4-13-33(14-5-1)49-52-50(34-15-6-2-7-16-34)54-51(53-49)39-18-12-17-35(29-39)37-23-26-42-43-27-24-38(32-48(43)56-47(42)31-37)36-25-28-46-44(30-36)41-21-10-11-22-45(41)55(46)40-19-8-3-9-20-40/h1-32H. The van der Waals surface area contributed by atoms with E-state index in [0.29, 0.717) is 17.5 Å². The summed E-state index contributed by atoms with van der Waals surface area (Å²) in [5.74, 6) is 1.91. The van der Waals surface area contributed by atoms with Crippen molar-refractivity contribution in [3.05, 3.63) is 194 Å². The second kappa shape index (κ2) is 13.0. The van der Waals surface area contributed by atoms with E-state index in [4.69, 9.17) is 19.4 Å². The molecule has 0 unspecified atom stereocenters. The van der Waals surface area contributed by atoms with Crippen molar-refractivity contribution >= 4 is 43.7 Å². The largest absolute Gasteiger partial charge is 0.456 e. The zero-order valence-electron chi connectivity index (χ0n) is 30.2. The minimum atomic E-state index is 0.625. The predicted molar refractivity (Wildman–Crippen MR) is 229 cm³/mol. The number of nitrogens with zero attached hydrogens (tertiary/aromatic N) is 4. The molecule has 0 saturated heterocycles. The van der Waals surface area contributed by atoms with E-state index in [0.717, 1.165) is 66.6 Å². The molecule has 0 saturated carbocycles. The quantitative estimate of drug-likeness (QED) is 0.172. The van der Waals surface area contributed by atoms with E-state index in [2.05, 4.69) is 138 Å². The highest BCUT2D eigenvalue weighted by Gasteiger charge is 2.16. The van der Waals surface area contributed by atoms with Crippen molar-refractivity contribution in [1.29, 1.82) is 0 Å². The van der Waals surface area contributed by atoms with Gasteiger partial charge in [-0.15, -0.1) is 0 Å². The summed E-state index contributed by atoms with van der Waals surface area (Å²) < 4.78 is 8.95. The first-order chi connectivity index (χ1) is 27.7. The molecule has 0 aliphatic carbocycles. The number of aromatic nitrogens is 4. The molecule has 0 radical (unpaired) electrons. The number of hydrogen-bond acceptors (Lipinski definition) is 4. The fraction of sp³-hybridized carbons (Fsp3) is 0. The van der Waals surface area contributed by atoms with Gasteiger partial charge in [-0.25, -0.2) is 15.0 Å². The lowest BCUT2D eigenvalue weighted by molar-refractivity contribution is 0.669. The van der Waals surface area contributed by atoms with Crippen LogP contribution in [0.4, 0.5) is 0 Å². The molecule has 8 aromatic carbocycles. The summed E-state index contributed by atoms with van der Waals surface area (Å²) in [6, 6.07) is 67.5. The van der Waals surface area contributed by atoms with Crippen molar-refractivity contribution in [3.8, 4) is 62.1 Å². The van der Waals surface area contributed by atoms with Crippen molar-refractivity contribution in [1.82, 2.24) is 19.5 Å². The predicted octanol–water partition coefficient (Wildman–Crippen LogP) is 13.2. The van der Waals surface area contributed by atoms with E-state index in [9.17, 15) is 0 Å². The van der Waals surface area contributed by atoms with E-state index in [-0.39, 0.29) is 0 Å². The van der Waals surface area contributed by atoms with Crippen LogP contribution in [0.25, 0.3) is 106 Å². The van der Waals surface area contributed by atoms with E-state index in [1.54, 1.807) is 0 Å². The van der Waals surface area contributed by atoms with Gasteiger partial charge < -0.3 is 8.98 Å². The van der Waals surface area contributed by atoms with E-state index >= 15 is 0 Å². The van der Waals surface area contributed by atoms with Gasteiger partial charge in [0, 0.05) is 43.9 Å². The molecule has 5 nitrogen and oxygen atoms in total. The molecule has 0 amide bonds. The van der Waals surface area contributed by atoms with Gasteiger partial charge in [0.05, 0.1) is 11.0 Å². The van der Waals surface area contributed by atoms with Gasteiger partial charge >= 0.3 is 0 Å². The minimum Gasteiger partial charge on any atom is -0.456 e. The summed E-state index contributed by atoms with van der Waals surface area (Å²) in [6.45, 7) is 0. The van der Waals surface area contributed by atoms with Crippen LogP contribution in [0.2, 0.25) is 0 Å². The first-order valence-corrected chi connectivity index (χ1v) is 18.8. The SMILES string of the molecule is c1ccc(-c2nc(-c3ccccc3)nc(-c3cccc(-c4ccc5c(c4)oc4cc(-c6ccc7c(c6)c6ccccc6n7-c6ccccc6)ccc45)c3)n2)cc1. The van der Waals surface area contributed by atoms with Gasteiger partial charge in [-0.1, -0.05) is 133 Å². The average Bonchev–Trinajstić information content (AvgIpc) is 3.81. The lowest BCUT2D eigenvalue weighted by atomic mass is 9.99. The minimum absolute atomic E-state index is 0.625.